The third-order valence-electron chi connectivity index (χ3n) is 4.72. The summed E-state index contributed by atoms with van der Waals surface area (Å²) in [7, 11) is 0. The lowest BCUT2D eigenvalue weighted by Crippen LogP contribution is -2.37. The van der Waals surface area contributed by atoms with Crippen molar-refractivity contribution in [2.45, 2.75) is 38.1 Å². The lowest BCUT2D eigenvalue weighted by molar-refractivity contribution is -0.109. The first-order valence-corrected chi connectivity index (χ1v) is 8.88. The molecule has 0 spiro atoms. The van der Waals surface area contributed by atoms with Crippen LogP contribution >= 0.6 is 0 Å². The molecule has 2 N–H and O–H groups in total. The predicted octanol–water partition coefficient (Wildman–Crippen LogP) is 3.84. The third kappa shape index (κ3) is 4.65. The van der Waals surface area contributed by atoms with Crippen LogP contribution in [0.4, 0.5) is 15.8 Å². The quantitative estimate of drug-likeness (QED) is 0.740. The highest BCUT2D eigenvalue weighted by molar-refractivity contribution is 5.96. The second-order valence-electron chi connectivity index (χ2n) is 6.66. The van der Waals surface area contributed by atoms with E-state index in [2.05, 4.69) is 15.6 Å². The van der Waals surface area contributed by atoms with Crippen molar-refractivity contribution in [2.24, 2.45) is 5.92 Å². The van der Waals surface area contributed by atoms with E-state index in [0.29, 0.717) is 23.6 Å². The number of hydrogen-bond acceptors (Lipinski definition) is 4. The zero-order valence-electron chi connectivity index (χ0n) is 14.5. The molecule has 0 radical (unpaired) electrons. The maximum Gasteiger partial charge on any atom is 0.251 e. The summed E-state index contributed by atoms with van der Waals surface area (Å²) in [6.45, 7) is 0. The molecule has 1 atom stereocenters. The molecule has 2 aromatic rings. The van der Waals surface area contributed by atoms with Crippen molar-refractivity contribution in [3.63, 3.8) is 0 Å². The first kappa shape index (κ1) is 18.0. The minimum absolute atomic E-state index is 0.282. The van der Waals surface area contributed by atoms with Gasteiger partial charge in [0.2, 0.25) is 0 Å². The van der Waals surface area contributed by atoms with E-state index < -0.39 is 11.9 Å². The minimum Gasteiger partial charge on any atom is -0.353 e. The number of carbonyl (C=O) groups excluding carboxylic acids is 2. The summed E-state index contributed by atoms with van der Waals surface area (Å²) < 4.78 is 13.7. The molecule has 1 aromatic carbocycles. The van der Waals surface area contributed by atoms with Gasteiger partial charge in [-0.1, -0.05) is 31.7 Å². The number of nitrogens with one attached hydrogen (secondary N) is 2. The smallest absolute Gasteiger partial charge is 0.251 e. The highest BCUT2D eigenvalue weighted by Crippen LogP contribution is 2.28. The van der Waals surface area contributed by atoms with Gasteiger partial charge in [0.05, 0.1) is 17.9 Å². The fourth-order valence-corrected chi connectivity index (χ4v) is 3.38. The van der Waals surface area contributed by atoms with Crippen molar-refractivity contribution >= 4 is 23.6 Å². The Balaban J connectivity index is 1.65. The van der Waals surface area contributed by atoms with Gasteiger partial charge in [-0.25, -0.2) is 4.39 Å². The van der Waals surface area contributed by atoms with Gasteiger partial charge in [0, 0.05) is 17.4 Å². The highest BCUT2D eigenvalue weighted by Gasteiger charge is 2.21. The molecule has 1 aromatic heterocycles. The Morgan fingerprint density at radius 1 is 1.31 bits per heavy atom. The molecule has 136 valence electrons. The summed E-state index contributed by atoms with van der Waals surface area (Å²) in [6, 6.07) is 7.80. The number of rotatable bonds is 7. The van der Waals surface area contributed by atoms with Crippen molar-refractivity contribution in [1.82, 2.24) is 10.3 Å². The van der Waals surface area contributed by atoms with Crippen LogP contribution in [0.15, 0.2) is 42.7 Å². The first-order chi connectivity index (χ1) is 12.7. The Bertz CT molecular complexity index is 775. The number of anilines is 2. The van der Waals surface area contributed by atoms with Gasteiger partial charge in [-0.3, -0.25) is 9.78 Å². The van der Waals surface area contributed by atoms with E-state index in [1.807, 2.05) is 0 Å². The SMILES string of the molecule is O=CC(CC1CCCC1)NC(=O)c1cccc(Nc2ccncc2F)c1. The van der Waals surface area contributed by atoms with Crippen LogP contribution in [0.1, 0.15) is 42.5 Å². The zero-order valence-corrected chi connectivity index (χ0v) is 14.5. The molecule has 1 unspecified atom stereocenters. The Hall–Kier alpha value is -2.76. The fourth-order valence-electron chi connectivity index (χ4n) is 3.38. The fraction of sp³-hybridized carbons (Fsp3) is 0.350. The molecule has 1 aliphatic rings. The van der Waals surface area contributed by atoms with Crippen LogP contribution in [0, 0.1) is 11.7 Å². The van der Waals surface area contributed by atoms with Crippen molar-refractivity contribution in [1.29, 1.82) is 0 Å². The van der Waals surface area contributed by atoms with Crippen LogP contribution < -0.4 is 10.6 Å². The van der Waals surface area contributed by atoms with Gasteiger partial charge >= 0.3 is 0 Å². The summed E-state index contributed by atoms with van der Waals surface area (Å²) in [6.07, 6.45) is 8.75. The van der Waals surface area contributed by atoms with E-state index in [1.165, 1.54) is 25.1 Å². The van der Waals surface area contributed by atoms with Crippen molar-refractivity contribution in [3.05, 3.63) is 54.1 Å². The largest absolute Gasteiger partial charge is 0.353 e. The summed E-state index contributed by atoms with van der Waals surface area (Å²) in [5, 5.41) is 5.72. The highest BCUT2D eigenvalue weighted by atomic mass is 19.1. The molecule has 1 heterocycles. The minimum atomic E-state index is -0.472. The summed E-state index contributed by atoms with van der Waals surface area (Å²) >= 11 is 0. The van der Waals surface area contributed by atoms with Crippen LogP contribution in [0.25, 0.3) is 0 Å². The Morgan fingerprint density at radius 2 is 2.12 bits per heavy atom. The second-order valence-corrected chi connectivity index (χ2v) is 6.66. The number of halogens is 1. The maximum atomic E-state index is 13.7. The molecule has 3 rings (SSSR count). The topological polar surface area (TPSA) is 71.1 Å². The summed E-state index contributed by atoms with van der Waals surface area (Å²) in [4.78, 5) is 27.5. The number of aldehydes is 1. The molecule has 1 amide bonds. The number of amides is 1. The maximum absolute atomic E-state index is 13.7. The molecule has 0 saturated heterocycles. The monoisotopic (exact) mass is 355 g/mol. The second kappa shape index (κ2) is 8.56. The number of pyridine rings is 1. The molecule has 26 heavy (non-hydrogen) atoms. The lowest BCUT2D eigenvalue weighted by atomic mass is 9.99. The summed E-state index contributed by atoms with van der Waals surface area (Å²) in [5.41, 5.74) is 1.29. The van der Waals surface area contributed by atoms with Crippen molar-refractivity contribution in [2.75, 3.05) is 5.32 Å². The van der Waals surface area contributed by atoms with E-state index in [0.717, 1.165) is 25.3 Å². The van der Waals surface area contributed by atoms with E-state index in [9.17, 15) is 14.0 Å². The van der Waals surface area contributed by atoms with Crippen molar-refractivity contribution < 1.29 is 14.0 Å². The van der Waals surface area contributed by atoms with Gasteiger partial charge in [0.1, 0.15) is 6.29 Å². The third-order valence-corrected chi connectivity index (χ3v) is 4.72. The molecule has 0 aliphatic heterocycles. The van der Waals surface area contributed by atoms with Crippen LogP contribution in [0.2, 0.25) is 0 Å². The molecule has 1 aliphatic carbocycles. The number of nitrogens with zero attached hydrogens (tertiary/aromatic N) is 1. The number of hydrogen-bond donors (Lipinski definition) is 2. The van der Waals surface area contributed by atoms with Gasteiger partial charge < -0.3 is 15.4 Å². The van der Waals surface area contributed by atoms with E-state index in [1.54, 1.807) is 24.3 Å². The Morgan fingerprint density at radius 3 is 2.85 bits per heavy atom. The molecule has 0 bridgehead atoms. The van der Waals surface area contributed by atoms with Crippen molar-refractivity contribution in [3.8, 4) is 0 Å². The van der Waals surface area contributed by atoms with Gasteiger partial charge in [0.15, 0.2) is 5.82 Å². The number of carbonyl (C=O) groups is 2. The van der Waals surface area contributed by atoms with Gasteiger partial charge in [-0.2, -0.15) is 0 Å². The van der Waals surface area contributed by atoms with Crippen LogP contribution in [0.5, 0.6) is 0 Å². The standard InChI is InChI=1S/C20H22FN3O2/c21-18-12-22-9-8-19(18)23-16-7-3-6-15(11-16)20(26)24-17(13-25)10-14-4-1-2-5-14/h3,6-9,11-14,17H,1-2,4-5,10H2,(H,22,23)(H,24,26). The number of aromatic nitrogens is 1. The number of benzene rings is 1. The molecule has 1 fully saturated rings. The first-order valence-electron chi connectivity index (χ1n) is 8.88. The molecular weight excluding hydrogens is 333 g/mol. The zero-order chi connectivity index (χ0) is 18.4. The van der Waals surface area contributed by atoms with E-state index in [-0.39, 0.29) is 11.6 Å². The lowest BCUT2D eigenvalue weighted by Gasteiger charge is -2.17. The average molecular weight is 355 g/mol. The van der Waals surface area contributed by atoms with Crippen LogP contribution in [0.3, 0.4) is 0 Å². The van der Waals surface area contributed by atoms with Gasteiger partial charge in [0.25, 0.3) is 5.91 Å². The Labute approximate surface area is 152 Å². The van der Waals surface area contributed by atoms with E-state index >= 15 is 0 Å². The normalized spacial score (nSPS) is 15.4. The van der Waals surface area contributed by atoms with Gasteiger partial charge in [-0.15, -0.1) is 0 Å². The average Bonchev–Trinajstić information content (AvgIpc) is 3.16. The predicted molar refractivity (Wildman–Crippen MR) is 97.8 cm³/mol. The Kier molecular flexibility index (Phi) is 5.94. The molecule has 1 saturated carbocycles. The van der Waals surface area contributed by atoms with E-state index in [4.69, 9.17) is 0 Å². The van der Waals surface area contributed by atoms with Crippen LogP contribution in [-0.2, 0) is 4.79 Å². The molecular formula is C20H22FN3O2. The van der Waals surface area contributed by atoms with Crippen LogP contribution in [-0.4, -0.2) is 23.2 Å². The molecule has 5 nitrogen and oxygen atoms in total. The molecule has 6 heteroatoms. The van der Waals surface area contributed by atoms with Gasteiger partial charge in [-0.05, 0) is 36.6 Å². The summed E-state index contributed by atoms with van der Waals surface area (Å²) in [5.74, 6) is -0.271.